The Bertz CT molecular complexity index is 1220. The lowest BCUT2D eigenvalue weighted by Gasteiger charge is -2.08. The molecule has 1 heterocycles. The molecule has 0 aliphatic heterocycles. The van der Waals surface area contributed by atoms with E-state index in [1.807, 2.05) is 18.2 Å². The van der Waals surface area contributed by atoms with Crippen LogP contribution in [0.1, 0.15) is 34.1 Å². The zero-order valence-electron chi connectivity index (χ0n) is 16.9. The summed E-state index contributed by atoms with van der Waals surface area (Å²) in [6, 6.07) is 13.8. The highest BCUT2D eigenvalue weighted by molar-refractivity contribution is 7.94. The molecule has 0 saturated carbocycles. The molecule has 0 unspecified atom stereocenters. The normalized spacial score (nSPS) is 11.2. The highest BCUT2D eigenvalue weighted by atomic mass is 32.2. The van der Waals surface area contributed by atoms with Gasteiger partial charge in [0.2, 0.25) is 5.91 Å². The van der Waals surface area contributed by atoms with Gasteiger partial charge in [0.1, 0.15) is 0 Å². The quantitative estimate of drug-likeness (QED) is 0.472. The molecule has 3 rings (SSSR count). The van der Waals surface area contributed by atoms with Gasteiger partial charge >= 0.3 is 5.97 Å². The minimum absolute atomic E-state index is 0.0404. The Kier molecular flexibility index (Phi) is 6.71. The minimum atomic E-state index is -3.84. The van der Waals surface area contributed by atoms with E-state index in [9.17, 15) is 18.0 Å². The number of nitrogens with one attached hydrogen (secondary N) is 2. The van der Waals surface area contributed by atoms with Crippen LogP contribution in [0.5, 0.6) is 0 Å². The van der Waals surface area contributed by atoms with Crippen LogP contribution in [0, 0.1) is 6.92 Å². The fraction of sp³-hybridized carbons (Fsp3) is 0.190. The lowest BCUT2D eigenvalue weighted by Crippen LogP contribution is -2.12. The summed E-state index contributed by atoms with van der Waals surface area (Å²) in [6.45, 7) is 2.90. The molecule has 0 aliphatic carbocycles. The molecule has 3 aromatic rings. The van der Waals surface area contributed by atoms with Crippen LogP contribution in [0.3, 0.4) is 0 Å². The third kappa shape index (κ3) is 5.89. The molecular weight excluding hydrogens is 438 g/mol. The van der Waals surface area contributed by atoms with Crippen molar-refractivity contribution in [1.82, 2.24) is 4.98 Å². The van der Waals surface area contributed by atoms with Gasteiger partial charge in [0.25, 0.3) is 10.0 Å². The van der Waals surface area contributed by atoms with E-state index in [2.05, 4.69) is 15.0 Å². The first-order valence-electron chi connectivity index (χ1n) is 9.33. The molecular formula is C21H21N3O5S2. The zero-order chi connectivity index (χ0) is 22.6. The average molecular weight is 460 g/mol. The van der Waals surface area contributed by atoms with Crippen LogP contribution in [-0.2, 0) is 27.7 Å². The van der Waals surface area contributed by atoms with Gasteiger partial charge in [0.05, 0.1) is 11.3 Å². The Morgan fingerprint density at radius 1 is 1.06 bits per heavy atom. The van der Waals surface area contributed by atoms with Crippen LogP contribution >= 0.6 is 11.3 Å². The van der Waals surface area contributed by atoms with Gasteiger partial charge in [-0.3, -0.25) is 9.52 Å². The predicted octanol–water partition coefficient (Wildman–Crippen LogP) is 3.69. The summed E-state index contributed by atoms with van der Waals surface area (Å²) in [5, 5.41) is 11.8. The standard InChI is InChI=1S/C21H21N3O5S2/c1-13-20(30-21(22-13)23-14(2)25)31(28,29)24-18-10-8-15(9-11-18)6-7-16-4-3-5-17(12-16)19(26)27/h3-5,8-12,24H,6-7H2,1-2H3,(H,26,27)(H,22,23,25). The van der Waals surface area contributed by atoms with E-state index < -0.39 is 16.0 Å². The van der Waals surface area contributed by atoms with E-state index >= 15 is 0 Å². The summed E-state index contributed by atoms with van der Waals surface area (Å²) in [6.07, 6.45) is 1.35. The number of thiazole rings is 1. The summed E-state index contributed by atoms with van der Waals surface area (Å²) >= 11 is 0.891. The fourth-order valence-electron chi connectivity index (χ4n) is 2.93. The number of carbonyl (C=O) groups is 2. The smallest absolute Gasteiger partial charge is 0.335 e. The number of nitrogens with zero attached hydrogens (tertiary/aromatic N) is 1. The van der Waals surface area contributed by atoms with Crippen LogP contribution < -0.4 is 10.0 Å². The molecule has 0 saturated heterocycles. The van der Waals surface area contributed by atoms with Crippen molar-refractivity contribution in [3.63, 3.8) is 0 Å². The highest BCUT2D eigenvalue weighted by Crippen LogP contribution is 2.29. The molecule has 0 atom stereocenters. The number of aromatic nitrogens is 1. The molecule has 162 valence electrons. The highest BCUT2D eigenvalue weighted by Gasteiger charge is 2.22. The lowest BCUT2D eigenvalue weighted by molar-refractivity contribution is -0.114. The van der Waals surface area contributed by atoms with E-state index in [0.29, 0.717) is 24.2 Å². The average Bonchev–Trinajstić information content (AvgIpc) is 3.07. The number of hydrogen-bond donors (Lipinski definition) is 3. The summed E-state index contributed by atoms with van der Waals surface area (Å²) in [5.74, 6) is -1.28. The molecule has 1 aromatic heterocycles. The Morgan fingerprint density at radius 3 is 2.39 bits per heavy atom. The summed E-state index contributed by atoms with van der Waals surface area (Å²) in [5.41, 5.74) is 2.88. The number of carboxylic acids is 1. The van der Waals surface area contributed by atoms with Crippen LogP contribution in [0.2, 0.25) is 0 Å². The monoisotopic (exact) mass is 459 g/mol. The number of carbonyl (C=O) groups excluding carboxylic acids is 1. The van der Waals surface area contributed by atoms with Crippen molar-refractivity contribution >= 4 is 44.1 Å². The SMILES string of the molecule is CC(=O)Nc1nc(C)c(S(=O)(=O)Nc2ccc(CCc3cccc(C(=O)O)c3)cc2)s1. The molecule has 0 aliphatic rings. The molecule has 1 amide bonds. The molecule has 2 aromatic carbocycles. The van der Waals surface area contributed by atoms with Crippen molar-refractivity contribution in [3.05, 3.63) is 70.9 Å². The number of carboxylic acid groups (broad SMARTS) is 1. The van der Waals surface area contributed by atoms with E-state index in [1.54, 1.807) is 37.3 Å². The predicted molar refractivity (Wildman–Crippen MR) is 119 cm³/mol. The second-order valence-electron chi connectivity index (χ2n) is 6.88. The molecule has 8 nitrogen and oxygen atoms in total. The molecule has 10 heteroatoms. The number of aromatic carboxylic acids is 1. The first-order chi connectivity index (χ1) is 14.6. The molecule has 0 bridgehead atoms. The third-order valence-corrected chi connectivity index (χ3v) is 7.43. The first-order valence-corrected chi connectivity index (χ1v) is 11.6. The van der Waals surface area contributed by atoms with Crippen LogP contribution in [0.25, 0.3) is 0 Å². The molecule has 31 heavy (non-hydrogen) atoms. The summed E-state index contributed by atoms with van der Waals surface area (Å²) in [7, 11) is -3.84. The van der Waals surface area contributed by atoms with Crippen molar-refractivity contribution in [1.29, 1.82) is 0 Å². The van der Waals surface area contributed by atoms with Gasteiger partial charge < -0.3 is 10.4 Å². The number of hydrogen-bond acceptors (Lipinski definition) is 6. The van der Waals surface area contributed by atoms with E-state index in [1.165, 1.54) is 6.92 Å². The van der Waals surface area contributed by atoms with E-state index in [4.69, 9.17) is 5.11 Å². The van der Waals surface area contributed by atoms with Gasteiger partial charge in [-0.05, 0) is 55.2 Å². The number of aryl methyl sites for hydroxylation is 3. The number of benzene rings is 2. The Balaban J connectivity index is 1.66. The fourth-order valence-corrected chi connectivity index (χ4v) is 5.45. The number of anilines is 2. The van der Waals surface area contributed by atoms with Crippen molar-refractivity contribution in [2.45, 2.75) is 30.9 Å². The summed E-state index contributed by atoms with van der Waals surface area (Å²) in [4.78, 5) is 26.3. The molecule has 0 spiro atoms. The Morgan fingerprint density at radius 2 is 1.74 bits per heavy atom. The molecule has 3 N–H and O–H groups in total. The molecule has 0 fully saturated rings. The van der Waals surface area contributed by atoms with Crippen molar-refractivity contribution in [2.75, 3.05) is 10.0 Å². The zero-order valence-corrected chi connectivity index (χ0v) is 18.5. The van der Waals surface area contributed by atoms with Gasteiger partial charge in [-0.15, -0.1) is 0 Å². The minimum Gasteiger partial charge on any atom is -0.478 e. The number of sulfonamides is 1. The maximum Gasteiger partial charge on any atom is 0.335 e. The summed E-state index contributed by atoms with van der Waals surface area (Å²) < 4.78 is 28.0. The topological polar surface area (TPSA) is 125 Å². The molecule has 0 radical (unpaired) electrons. The van der Waals surface area contributed by atoms with E-state index in [-0.39, 0.29) is 20.8 Å². The largest absolute Gasteiger partial charge is 0.478 e. The Hall–Kier alpha value is -3.24. The third-order valence-electron chi connectivity index (χ3n) is 4.36. The van der Waals surface area contributed by atoms with E-state index in [0.717, 1.165) is 22.5 Å². The Labute approximate surface area is 184 Å². The van der Waals surface area contributed by atoms with Crippen LogP contribution in [0.4, 0.5) is 10.8 Å². The second-order valence-corrected chi connectivity index (χ2v) is 9.76. The number of amides is 1. The van der Waals surface area contributed by atoms with Gasteiger partial charge in [0, 0.05) is 12.6 Å². The maximum atomic E-state index is 12.7. The van der Waals surface area contributed by atoms with Crippen molar-refractivity contribution < 1.29 is 23.1 Å². The first kappa shape index (κ1) is 22.4. The van der Waals surface area contributed by atoms with Crippen LogP contribution in [0.15, 0.2) is 52.7 Å². The lowest BCUT2D eigenvalue weighted by atomic mass is 10.0. The van der Waals surface area contributed by atoms with Crippen LogP contribution in [-0.4, -0.2) is 30.4 Å². The second kappa shape index (κ2) is 9.27. The maximum absolute atomic E-state index is 12.7. The van der Waals surface area contributed by atoms with Gasteiger partial charge in [-0.1, -0.05) is 35.6 Å². The van der Waals surface area contributed by atoms with Gasteiger partial charge in [-0.2, -0.15) is 0 Å². The van der Waals surface area contributed by atoms with Crippen molar-refractivity contribution in [3.8, 4) is 0 Å². The number of rotatable bonds is 8. The van der Waals surface area contributed by atoms with Crippen molar-refractivity contribution in [2.24, 2.45) is 0 Å². The van der Waals surface area contributed by atoms with Gasteiger partial charge in [0.15, 0.2) is 9.34 Å². The van der Waals surface area contributed by atoms with Gasteiger partial charge in [-0.25, -0.2) is 18.2 Å².